The molecular weight excluding hydrogens is 272 g/mol. The number of carbonyl (C=O) groups excluding carboxylic acids is 2. The van der Waals surface area contributed by atoms with Crippen LogP contribution < -0.4 is 16.4 Å². The second-order valence-corrected chi connectivity index (χ2v) is 6.03. The van der Waals surface area contributed by atoms with Gasteiger partial charge in [0, 0.05) is 6.04 Å². The van der Waals surface area contributed by atoms with E-state index in [2.05, 4.69) is 20.9 Å². The van der Waals surface area contributed by atoms with E-state index in [0.717, 1.165) is 25.7 Å². The SMILES string of the molecule is CC(C)(N)c1cn(CC(=O)NC(=O)NC2CCCC2)nn1. The highest BCUT2D eigenvalue weighted by molar-refractivity contribution is 5.94. The van der Waals surface area contributed by atoms with Gasteiger partial charge in [0.05, 0.1) is 11.7 Å². The standard InChI is InChI=1S/C13H22N6O2/c1-13(2,14)10-7-19(18-17-10)8-11(20)16-12(21)15-9-5-3-4-6-9/h7,9H,3-6,8,14H2,1-2H3,(H2,15,16,20,21). The highest BCUT2D eigenvalue weighted by atomic mass is 16.2. The van der Waals surface area contributed by atoms with Crippen LogP contribution >= 0.6 is 0 Å². The molecule has 0 radical (unpaired) electrons. The van der Waals surface area contributed by atoms with E-state index in [9.17, 15) is 9.59 Å². The van der Waals surface area contributed by atoms with Gasteiger partial charge in [0.2, 0.25) is 5.91 Å². The van der Waals surface area contributed by atoms with Gasteiger partial charge in [0.15, 0.2) is 0 Å². The van der Waals surface area contributed by atoms with Gasteiger partial charge in [0.1, 0.15) is 12.2 Å². The Kier molecular flexibility index (Phi) is 4.56. The molecule has 1 aromatic heterocycles. The fourth-order valence-electron chi connectivity index (χ4n) is 2.28. The maximum absolute atomic E-state index is 11.8. The van der Waals surface area contributed by atoms with Crippen LogP contribution in [0.5, 0.6) is 0 Å². The first kappa shape index (κ1) is 15.4. The van der Waals surface area contributed by atoms with Crippen LogP contribution in [0.2, 0.25) is 0 Å². The lowest BCUT2D eigenvalue weighted by atomic mass is 10.0. The predicted molar refractivity (Wildman–Crippen MR) is 76.2 cm³/mol. The topological polar surface area (TPSA) is 115 Å². The highest BCUT2D eigenvalue weighted by Gasteiger charge is 2.20. The van der Waals surface area contributed by atoms with Gasteiger partial charge in [-0.05, 0) is 26.7 Å². The predicted octanol–water partition coefficient (Wildman–Crippen LogP) is 0.240. The van der Waals surface area contributed by atoms with E-state index < -0.39 is 17.5 Å². The third kappa shape index (κ3) is 4.52. The van der Waals surface area contributed by atoms with Crippen molar-refractivity contribution < 1.29 is 9.59 Å². The molecule has 1 saturated carbocycles. The Balaban J connectivity index is 1.81. The summed E-state index contributed by atoms with van der Waals surface area (Å²) in [5.41, 5.74) is 5.86. The number of nitrogens with zero attached hydrogens (tertiary/aromatic N) is 3. The number of amides is 3. The van der Waals surface area contributed by atoms with Gasteiger partial charge < -0.3 is 11.1 Å². The van der Waals surface area contributed by atoms with Crippen LogP contribution in [0, 0.1) is 0 Å². The zero-order valence-electron chi connectivity index (χ0n) is 12.4. The summed E-state index contributed by atoms with van der Waals surface area (Å²) in [6.45, 7) is 3.54. The van der Waals surface area contributed by atoms with E-state index in [0.29, 0.717) is 5.69 Å². The monoisotopic (exact) mass is 294 g/mol. The van der Waals surface area contributed by atoms with E-state index in [1.54, 1.807) is 20.0 Å². The summed E-state index contributed by atoms with van der Waals surface area (Å²) in [5, 5.41) is 12.8. The van der Waals surface area contributed by atoms with Gasteiger partial charge in [0.25, 0.3) is 0 Å². The molecule has 1 fully saturated rings. The number of urea groups is 1. The summed E-state index contributed by atoms with van der Waals surface area (Å²) in [4.78, 5) is 23.4. The van der Waals surface area contributed by atoms with Gasteiger partial charge in [-0.2, -0.15) is 0 Å². The van der Waals surface area contributed by atoms with Crippen LogP contribution in [0.1, 0.15) is 45.2 Å². The largest absolute Gasteiger partial charge is 0.335 e. The molecule has 0 aromatic carbocycles. The Morgan fingerprint density at radius 2 is 2.10 bits per heavy atom. The van der Waals surface area contributed by atoms with E-state index >= 15 is 0 Å². The summed E-state index contributed by atoms with van der Waals surface area (Å²) in [6, 6.07) is -0.278. The number of carbonyl (C=O) groups is 2. The molecule has 0 unspecified atom stereocenters. The number of aromatic nitrogens is 3. The Bertz CT molecular complexity index is 513. The summed E-state index contributed by atoms with van der Waals surface area (Å²) < 4.78 is 1.36. The van der Waals surface area contributed by atoms with Crippen molar-refractivity contribution in [2.75, 3.05) is 0 Å². The molecule has 116 valence electrons. The third-order valence-corrected chi connectivity index (χ3v) is 3.45. The van der Waals surface area contributed by atoms with E-state index in [1.807, 2.05) is 0 Å². The summed E-state index contributed by atoms with van der Waals surface area (Å²) >= 11 is 0. The molecule has 2 rings (SSSR count). The summed E-state index contributed by atoms with van der Waals surface area (Å²) in [7, 11) is 0. The van der Waals surface area contributed by atoms with Crippen LogP contribution in [-0.4, -0.2) is 33.0 Å². The van der Waals surface area contributed by atoms with Crippen molar-refractivity contribution >= 4 is 11.9 Å². The van der Waals surface area contributed by atoms with E-state index in [4.69, 9.17) is 5.73 Å². The minimum Gasteiger partial charge on any atom is -0.335 e. The number of nitrogens with two attached hydrogens (primary N) is 1. The molecule has 21 heavy (non-hydrogen) atoms. The Morgan fingerprint density at radius 3 is 2.67 bits per heavy atom. The number of hydrogen-bond acceptors (Lipinski definition) is 5. The van der Waals surface area contributed by atoms with Crippen LogP contribution in [0.3, 0.4) is 0 Å². The van der Waals surface area contributed by atoms with Crippen LogP contribution in [-0.2, 0) is 16.9 Å². The van der Waals surface area contributed by atoms with Crippen molar-refractivity contribution in [2.24, 2.45) is 5.73 Å². The van der Waals surface area contributed by atoms with Crippen molar-refractivity contribution in [2.45, 2.75) is 57.7 Å². The minimum absolute atomic E-state index is 0.0683. The molecule has 0 atom stereocenters. The van der Waals surface area contributed by atoms with Gasteiger partial charge in [-0.3, -0.25) is 10.1 Å². The van der Waals surface area contributed by atoms with Crippen molar-refractivity contribution in [3.63, 3.8) is 0 Å². The molecular formula is C13H22N6O2. The third-order valence-electron chi connectivity index (χ3n) is 3.45. The van der Waals surface area contributed by atoms with Crippen molar-refractivity contribution in [1.82, 2.24) is 25.6 Å². The van der Waals surface area contributed by atoms with Gasteiger partial charge in [-0.15, -0.1) is 5.10 Å². The maximum atomic E-state index is 11.8. The molecule has 1 aliphatic carbocycles. The highest BCUT2D eigenvalue weighted by Crippen LogP contribution is 2.17. The zero-order valence-corrected chi connectivity index (χ0v) is 12.4. The van der Waals surface area contributed by atoms with Crippen LogP contribution in [0.15, 0.2) is 6.20 Å². The fourth-order valence-corrected chi connectivity index (χ4v) is 2.28. The number of nitrogens with one attached hydrogen (secondary N) is 2. The molecule has 1 aromatic rings. The Morgan fingerprint density at radius 1 is 1.43 bits per heavy atom. The molecule has 8 nitrogen and oxygen atoms in total. The molecule has 3 amide bonds. The first-order valence-electron chi connectivity index (χ1n) is 7.14. The minimum atomic E-state index is -0.616. The van der Waals surface area contributed by atoms with Gasteiger partial charge >= 0.3 is 6.03 Å². The van der Waals surface area contributed by atoms with E-state index in [-0.39, 0.29) is 12.6 Å². The normalized spacial score (nSPS) is 16.0. The second kappa shape index (κ2) is 6.21. The Hall–Kier alpha value is -1.96. The number of rotatable bonds is 4. The molecule has 1 aliphatic rings. The molecule has 0 bridgehead atoms. The quantitative estimate of drug-likeness (QED) is 0.736. The van der Waals surface area contributed by atoms with Crippen molar-refractivity contribution in [3.05, 3.63) is 11.9 Å². The molecule has 0 saturated heterocycles. The van der Waals surface area contributed by atoms with Gasteiger partial charge in [-0.25, -0.2) is 9.48 Å². The molecule has 8 heteroatoms. The lowest BCUT2D eigenvalue weighted by Gasteiger charge is -2.13. The van der Waals surface area contributed by atoms with E-state index in [1.165, 1.54) is 4.68 Å². The van der Waals surface area contributed by atoms with Crippen molar-refractivity contribution in [1.29, 1.82) is 0 Å². The second-order valence-electron chi connectivity index (χ2n) is 6.03. The zero-order chi connectivity index (χ0) is 15.5. The van der Waals surface area contributed by atoms with Crippen molar-refractivity contribution in [3.8, 4) is 0 Å². The van der Waals surface area contributed by atoms with Crippen LogP contribution in [0.4, 0.5) is 4.79 Å². The summed E-state index contributed by atoms with van der Waals surface area (Å²) in [6.07, 6.45) is 5.79. The molecule has 0 spiro atoms. The van der Waals surface area contributed by atoms with Gasteiger partial charge in [-0.1, -0.05) is 18.1 Å². The molecule has 4 N–H and O–H groups in total. The number of imide groups is 1. The fraction of sp³-hybridized carbons (Fsp3) is 0.692. The average Bonchev–Trinajstić information content (AvgIpc) is 2.98. The van der Waals surface area contributed by atoms with Crippen LogP contribution in [0.25, 0.3) is 0 Å². The molecule has 1 heterocycles. The number of hydrogen-bond donors (Lipinski definition) is 3. The summed E-state index contributed by atoms with van der Waals surface area (Å²) in [5.74, 6) is -0.434. The maximum Gasteiger partial charge on any atom is 0.321 e. The molecule has 0 aliphatic heterocycles. The smallest absolute Gasteiger partial charge is 0.321 e. The lowest BCUT2D eigenvalue weighted by Crippen LogP contribution is -2.44. The Labute approximate surface area is 123 Å². The lowest BCUT2D eigenvalue weighted by molar-refractivity contribution is -0.120. The average molecular weight is 294 g/mol. The first-order valence-corrected chi connectivity index (χ1v) is 7.14. The first-order chi connectivity index (χ1) is 9.84.